The second-order valence-electron chi connectivity index (χ2n) is 5.02. The zero-order chi connectivity index (χ0) is 14.4. The van der Waals surface area contributed by atoms with Crippen molar-refractivity contribution in [3.05, 3.63) is 0 Å². The molecule has 0 aromatic heterocycles. The Labute approximate surface area is 113 Å². The highest BCUT2D eigenvalue weighted by atomic mass is 16.4. The molecule has 1 heterocycles. The molecule has 0 aliphatic carbocycles. The van der Waals surface area contributed by atoms with E-state index in [0.29, 0.717) is 19.5 Å². The van der Waals surface area contributed by atoms with E-state index >= 15 is 0 Å². The standard InChI is InChI=1S/C13H21N3O3/c1-10(2)15(9-5-7-14)13(19)16-8-4-3-6-11(16)12(17)18/h10-11H,3-6,8-9H2,1-2H3,(H,17,18). The maximum Gasteiger partial charge on any atom is 0.326 e. The van der Waals surface area contributed by atoms with Crippen LogP contribution in [0.4, 0.5) is 4.79 Å². The number of hydrogen-bond donors (Lipinski definition) is 1. The van der Waals surface area contributed by atoms with Gasteiger partial charge in [-0.25, -0.2) is 9.59 Å². The van der Waals surface area contributed by atoms with Gasteiger partial charge in [0.2, 0.25) is 0 Å². The van der Waals surface area contributed by atoms with Crippen molar-refractivity contribution >= 4 is 12.0 Å². The van der Waals surface area contributed by atoms with Crippen LogP contribution in [0.25, 0.3) is 0 Å². The maximum absolute atomic E-state index is 12.4. The second kappa shape index (κ2) is 6.98. The van der Waals surface area contributed by atoms with Crippen LogP contribution in [0.15, 0.2) is 0 Å². The highest BCUT2D eigenvalue weighted by Crippen LogP contribution is 2.20. The normalized spacial score (nSPS) is 19.1. The average Bonchev–Trinajstić information content (AvgIpc) is 2.38. The Hall–Kier alpha value is -1.77. The summed E-state index contributed by atoms with van der Waals surface area (Å²) in [5.41, 5.74) is 0. The zero-order valence-electron chi connectivity index (χ0n) is 11.5. The van der Waals surface area contributed by atoms with Gasteiger partial charge in [-0.05, 0) is 33.1 Å². The van der Waals surface area contributed by atoms with Crippen molar-refractivity contribution in [1.29, 1.82) is 5.26 Å². The van der Waals surface area contributed by atoms with Gasteiger partial charge in [0.25, 0.3) is 0 Å². The van der Waals surface area contributed by atoms with Crippen LogP contribution >= 0.6 is 0 Å². The van der Waals surface area contributed by atoms with Crippen LogP contribution in [0.5, 0.6) is 0 Å². The SMILES string of the molecule is CC(C)N(CCC#N)C(=O)N1CCCCC1C(=O)O. The first kappa shape index (κ1) is 15.3. The lowest BCUT2D eigenvalue weighted by Crippen LogP contribution is -2.54. The average molecular weight is 267 g/mol. The van der Waals surface area contributed by atoms with Crippen LogP contribution in [0.1, 0.15) is 39.5 Å². The van der Waals surface area contributed by atoms with E-state index in [4.69, 9.17) is 5.26 Å². The number of nitriles is 1. The first-order valence-corrected chi connectivity index (χ1v) is 6.66. The molecule has 6 heteroatoms. The van der Waals surface area contributed by atoms with Crippen molar-refractivity contribution < 1.29 is 14.7 Å². The molecule has 0 radical (unpaired) electrons. The molecule has 2 amide bonds. The number of urea groups is 1. The molecule has 1 rings (SSSR count). The highest BCUT2D eigenvalue weighted by Gasteiger charge is 2.34. The number of piperidine rings is 1. The Morgan fingerprint density at radius 3 is 2.68 bits per heavy atom. The summed E-state index contributed by atoms with van der Waals surface area (Å²) in [6, 6.07) is 0.974. The van der Waals surface area contributed by atoms with Crippen molar-refractivity contribution in [3.8, 4) is 6.07 Å². The summed E-state index contributed by atoms with van der Waals surface area (Å²) in [4.78, 5) is 26.7. The minimum Gasteiger partial charge on any atom is -0.480 e. The Kier molecular flexibility index (Phi) is 5.61. The van der Waals surface area contributed by atoms with Crippen molar-refractivity contribution in [1.82, 2.24) is 9.80 Å². The van der Waals surface area contributed by atoms with Crippen LogP contribution < -0.4 is 0 Å². The largest absolute Gasteiger partial charge is 0.480 e. The predicted molar refractivity (Wildman–Crippen MR) is 69.4 cm³/mol. The molecule has 1 unspecified atom stereocenters. The lowest BCUT2D eigenvalue weighted by atomic mass is 10.0. The number of amides is 2. The minimum absolute atomic E-state index is 0.0442. The zero-order valence-corrected chi connectivity index (χ0v) is 11.5. The van der Waals surface area contributed by atoms with Crippen molar-refractivity contribution in [2.75, 3.05) is 13.1 Å². The van der Waals surface area contributed by atoms with Gasteiger partial charge in [0.05, 0.1) is 12.5 Å². The molecule has 1 aliphatic heterocycles. The third-order valence-electron chi connectivity index (χ3n) is 3.37. The van der Waals surface area contributed by atoms with Gasteiger partial charge in [-0.15, -0.1) is 0 Å². The van der Waals surface area contributed by atoms with Gasteiger partial charge in [0.1, 0.15) is 6.04 Å². The summed E-state index contributed by atoms with van der Waals surface area (Å²) in [7, 11) is 0. The van der Waals surface area contributed by atoms with Gasteiger partial charge in [0.15, 0.2) is 0 Å². The molecule has 1 fully saturated rings. The quantitative estimate of drug-likeness (QED) is 0.839. The molecular formula is C13H21N3O3. The topological polar surface area (TPSA) is 84.6 Å². The van der Waals surface area contributed by atoms with Gasteiger partial charge in [-0.3, -0.25) is 0 Å². The van der Waals surface area contributed by atoms with E-state index in [-0.39, 0.29) is 18.5 Å². The summed E-state index contributed by atoms with van der Waals surface area (Å²) in [6.07, 6.45) is 2.43. The number of likely N-dealkylation sites (tertiary alicyclic amines) is 1. The van der Waals surface area contributed by atoms with E-state index in [1.165, 1.54) is 4.90 Å². The summed E-state index contributed by atoms with van der Waals surface area (Å²) >= 11 is 0. The predicted octanol–water partition coefficient (Wildman–Crippen LogP) is 1.67. The molecule has 1 aliphatic rings. The van der Waals surface area contributed by atoms with E-state index in [9.17, 15) is 14.7 Å². The summed E-state index contributed by atoms with van der Waals surface area (Å²) in [6.45, 7) is 4.56. The molecule has 0 aromatic carbocycles. The maximum atomic E-state index is 12.4. The Morgan fingerprint density at radius 1 is 1.47 bits per heavy atom. The molecule has 0 spiro atoms. The molecular weight excluding hydrogens is 246 g/mol. The number of carbonyl (C=O) groups is 2. The Bertz CT molecular complexity index is 376. The fourth-order valence-electron chi connectivity index (χ4n) is 2.33. The number of carboxylic acids is 1. The van der Waals surface area contributed by atoms with Gasteiger partial charge >= 0.3 is 12.0 Å². The highest BCUT2D eigenvalue weighted by molar-refractivity contribution is 5.83. The van der Waals surface area contributed by atoms with Crippen LogP contribution in [-0.4, -0.2) is 52.1 Å². The number of aliphatic carboxylic acids is 1. The van der Waals surface area contributed by atoms with E-state index in [0.717, 1.165) is 12.8 Å². The summed E-state index contributed by atoms with van der Waals surface area (Å²) < 4.78 is 0. The number of carbonyl (C=O) groups excluding carboxylic acids is 1. The van der Waals surface area contributed by atoms with Gasteiger partial charge in [-0.1, -0.05) is 0 Å². The van der Waals surface area contributed by atoms with Crippen LogP contribution in [0.3, 0.4) is 0 Å². The van der Waals surface area contributed by atoms with E-state index in [2.05, 4.69) is 0 Å². The van der Waals surface area contributed by atoms with Crippen molar-refractivity contribution in [2.24, 2.45) is 0 Å². The first-order valence-electron chi connectivity index (χ1n) is 6.66. The van der Waals surface area contributed by atoms with Crippen molar-refractivity contribution in [3.63, 3.8) is 0 Å². The van der Waals surface area contributed by atoms with Gasteiger partial charge < -0.3 is 14.9 Å². The monoisotopic (exact) mass is 267 g/mol. The molecule has 1 atom stereocenters. The second-order valence-corrected chi connectivity index (χ2v) is 5.02. The number of carboxylic acid groups (broad SMARTS) is 1. The molecule has 19 heavy (non-hydrogen) atoms. The van der Waals surface area contributed by atoms with E-state index < -0.39 is 12.0 Å². The third-order valence-corrected chi connectivity index (χ3v) is 3.37. The number of hydrogen-bond acceptors (Lipinski definition) is 3. The van der Waals surface area contributed by atoms with E-state index in [1.54, 1.807) is 4.90 Å². The number of rotatable bonds is 4. The fourth-order valence-corrected chi connectivity index (χ4v) is 2.33. The van der Waals surface area contributed by atoms with Crippen molar-refractivity contribution in [2.45, 2.75) is 51.6 Å². The lowest BCUT2D eigenvalue weighted by molar-refractivity contribution is -0.143. The minimum atomic E-state index is -0.947. The Balaban J connectivity index is 2.81. The molecule has 0 saturated carbocycles. The molecule has 106 valence electrons. The fraction of sp³-hybridized carbons (Fsp3) is 0.769. The molecule has 6 nitrogen and oxygen atoms in total. The van der Waals surface area contributed by atoms with Gasteiger partial charge in [-0.2, -0.15) is 5.26 Å². The third kappa shape index (κ3) is 3.85. The molecule has 1 saturated heterocycles. The lowest BCUT2D eigenvalue weighted by Gasteiger charge is -2.38. The van der Waals surface area contributed by atoms with Crippen LogP contribution in [-0.2, 0) is 4.79 Å². The van der Waals surface area contributed by atoms with Gasteiger partial charge in [0, 0.05) is 19.1 Å². The molecule has 0 bridgehead atoms. The number of nitrogens with zero attached hydrogens (tertiary/aromatic N) is 3. The molecule has 0 aromatic rings. The van der Waals surface area contributed by atoms with Crippen LogP contribution in [0.2, 0.25) is 0 Å². The smallest absolute Gasteiger partial charge is 0.326 e. The first-order chi connectivity index (χ1) is 8.99. The van der Waals surface area contributed by atoms with Crippen LogP contribution in [0, 0.1) is 11.3 Å². The Morgan fingerprint density at radius 2 is 2.16 bits per heavy atom. The molecule has 1 N–H and O–H groups in total. The van der Waals surface area contributed by atoms with E-state index in [1.807, 2.05) is 19.9 Å². The summed E-state index contributed by atoms with van der Waals surface area (Å²) in [5, 5.41) is 17.8. The summed E-state index contributed by atoms with van der Waals surface area (Å²) in [5.74, 6) is -0.947.